The SMILES string of the molecule is Cc1ccc(C)c(NC(=O)[C@H](C)OC(=O)c2ccc(CNC(=O)NC(C)C)cc2)c1. The molecule has 0 saturated carbocycles. The highest BCUT2D eigenvalue weighted by Crippen LogP contribution is 2.17. The number of carbonyl (C=O) groups excluding carboxylic acids is 3. The molecule has 0 unspecified atom stereocenters. The maximum atomic E-state index is 12.4. The Kier molecular flexibility index (Phi) is 7.98. The van der Waals surface area contributed by atoms with Gasteiger partial charge in [0.2, 0.25) is 0 Å². The van der Waals surface area contributed by atoms with Crippen LogP contribution in [0.2, 0.25) is 0 Å². The largest absolute Gasteiger partial charge is 0.449 e. The van der Waals surface area contributed by atoms with Crippen molar-refractivity contribution in [3.05, 3.63) is 64.7 Å². The Balaban J connectivity index is 1.89. The quantitative estimate of drug-likeness (QED) is 0.605. The lowest BCUT2D eigenvalue weighted by Crippen LogP contribution is -2.39. The summed E-state index contributed by atoms with van der Waals surface area (Å²) in [6, 6.07) is 12.2. The summed E-state index contributed by atoms with van der Waals surface area (Å²) in [5.41, 5.74) is 3.82. The van der Waals surface area contributed by atoms with E-state index in [-0.39, 0.29) is 12.1 Å². The van der Waals surface area contributed by atoms with Gasteiger partial charge in [0, 0.05) is 18.3 Å². The van der Waals surface area contributed by atoms with Gasteiger partial charge in [-0.05, 0) is 69.5 Å². The molecule has 0 fully saturated rings. The second-order valence-electron chi connectivity index (χ2n) is 7.53. The third-order valence-corrected chi connectivity index (χ3v) is 4.37. The smallest absolute Gasteiger partial charge is 0.338 e. The molecule has 0 aromatic heterocycles. The van der Waals surface area contributed by atoms with Gasteiger partial charge in [0.25, 0.3) is 5.91 Å². The van der Waals surface area contributed by atoms with E-state index in [0.717, 1.165) is 16.7 Å². The Morgan fingerprint density at radius 2 is 1.63 bits per heavy atom. The molecular weight excluding hydrogens is 382 g/mol. The zero-order valence-corrected chi connectivity index (χ0v) is 18.0. The molecule has 0 saturated heterocycles. The molecule has 160 valence electrons. The lowest BCUT2D eigenvalue weighted by molar-refractivity contribution is -0.123. The Morgan fingerprint density at radius 1 is 0.967 bits per heavy atom. The van der Waals surface area contributed by atoms with Crippen LogP contribution in [0.3, 0.4) is 0 Å². The summed E-state index contributed by atoms with van der Waals surface area (Å²) in [5.74, 6) is -0.982. The minimum atomic E-state index is -0.946. The van der Waals surface area contributed by atoms with Crippen molar-refractivity contribution in [1.29, 1.82) is 0 Å². The van der Waals surface area contributed by atoms with E-state index in [4.69, 9.17) is 4.74 Å². The Labute approximate surface area is 177 Å². The molecule has 1 atom stereocenters. The lowest BCUT2D eigenvalue weighted by atomic mass is 10.1. The summed E-state index contributed by atoms with van der Waals surface area (Å²) < 4.78 is 5.29. The Bertz CT molecular complexity index is 907. The number of carbonyl (C=O) groups is 3. The molecule has 7 nitrogen and oxygen atoms in total. The van der Waals surface area contributed by atoms with Gasteiger partial charge in [-0.15, -0.1) is 0 Å². The first-order valence-corrected chi connectivity index (χ1v) is 9.88. The van der Waals surface area contributed by atoms with E-state index >= 15 is 0 Å². The average Bonchev–Trinajstić information content (AvgIpc) is 2.69. The first-order chi connectivity index (χ1) is 14.2. The topological polar surface area (TPSA) is 96.5 Å². The van der Waals surface area contributed by atoms with Gasteiger partial charge < -0.3 is 20.7 Å². The highest BCUT2D eigenvalue weighted by molar-refractivity contribution is 5.97. The van der Waals surface area contributed by atoms with Crippen molar-refractivity contribution in [1.82, 2.24) is 10.6 Å². The second-order valence-corrected chi connectivity index (χ2v) is 7.53. The average molecular weight is 412 g/mol. The monoisotopic (exact) mass is 411 g/mol. The predicted octanol–water partition coefficient (Wildman–Crippen LogP) is 3.70. The molecular formula is C23H29N3O4. The Morgan fingerprint density at radius 3 is 2.27 bits per heavy atom. The number of nitrogens with one attached hydrogen (secondary N) is 3. The Hall–Kier alpha value is -3.35. The van der Waals surface area contributed by atoms with E-state index < -0.39 is 18.0 Å². The maximum absolute atomic E-state index is 12.4. The van der Waals surface area contributed by atoms with Crippen molar-refractivity contribution in [2.45, 2.75) is 53.3 Å². The van der Waals surface area contributed by atoms with Crippen LogP contribution in [0.4, 0.5) is 10.5 Å². The molecule has 2 rings (SSSR count). The number of hydrogen-bond acceptors (Lipinski definition) is 4. The first-order valence-electron chi connectivity index (χ1n) is 9.88. The molecule has 0 heterocycles. The number of benzene rings is 2. The van der Waals surface area contributed by atoms with Crippen LogP contribution in [0.1, 0.15) is 47.8 Å². The van der Waals surface area contributed by atoms with Crippen LogP contribution in [-0.2, 0) is 16.1 Å². The van der Waals surface area contributed by atoms with Crippen LogP contribution < -0.4 is 16.0 Å². The van der Waals surface area contributed by atoms with E-state index in [1.165, 1.54) is 6.92 Å². The van der Waals surface area contributed by atoms with Crippen LogP contribution in [0.15, 0.2) is 42.5 Å². The van der Waals surface area contributed by atoms with Crippen LogP contribution >= 0.6 is 0 Å². The normalized spacial score (nSPS) is 11.5. The second kappa shape index (κ2) is 10.4. The summed E-state index contributed by atoms with van der Waals surface area (Å²) in [7, 11) is 0. The molecule has 0 aliphatic carbocycles. The molecule has 3 amide bonds. The van der Waals surface area contributed by atoms with E-state index in [9.17, 15) is 14.4 Å². The molecule has 0 spiro atoms. The van der Waals surface area contributed by atoms with Crippen LogP contribution in [0.25, 0.3) is 0 Å². The standard InChI is InChI=1S/C23H29N3O4/c1-14(2)25-23(29)24-13-18-8-10-19(11-9-18)22(28)30-17(5)21(27)26-20-12-15(3)6-7-16(20)4/h6-12,14,17H,13H2,1-5H3,(H,26,27)(H2,24,25,29)/t17-/m0/s1. The summed E-state index contributed by atoms with van der Waals surface area (Å²) in [6.45, 7) is 9.46. The minimum absolute atomic E-state index is 0.0520. The number of esters is 1. The summed E-state index contributed by atoms with van der Waals surface area (Å²) in [5, 5.41) is 8.27. The van der Waals surface area contributed by atoms with Gasteiger partial charge in [-0.3, -0.25) is 4.79 Å². The highest BCUT2D eigenvalue weighted by Gasteiger charge is 2.19. The van der Waals surface area contributed by atoms with Crippen LogP contribution in [0.5, 0.6) is 0 Å². The van der Waals surface area contributed by atoms with Gasteiger partial charge in [-0.1, -0.05) is 24.3 Å². The third-order valence-electron chi connectivity index (χ3n) is 4.37. The van der Waals surface area contributed by atoms with Crippen molar-refractivity contribution in [3.8, 4) is 0 Å². The molecule has 2 aromatic rings. The third kappa shape index (κ3) is 6.92. The zero-order chi connectivity index (χ0) is 22.3. The fraction of sp³-hybridized carbons (Fsp3) is 0.348. The number of aryl methyl sites for hydroxylation is 2. The molecule has 0 aliphatic heterocycles. The summed E-state index contributed by atoms with van der Waals surface area (Å²) in [6.07, 6.45) is -0.946. The predicted molar refractivity (Wildman–Crippen MR) is 116 cm³/mol. The van der Waals surface area contributed by atoms with Gasteiger partial charge in [0.05, 0.1) is 5.56 Å². The molecule has 2 aromatic carbocycles. The molecule has 0 radical (unpaired) electrons. The zero-order valence-electron chi connectivity index (χ0n) is 18.0. The van der Waals surface area contributed by atoms with Gasteiger partial charge in [-0.2, -0.15) is 0 Å². The van der Waals surface area contributed by atoms with E-state index in [2.05, 4.69) is 16.0 Å². The molecule has 0 bridgehead atoms. The number of ether oxygens (including phenoxy) is 1. The fourth-order valence-electron chi connectivity index (χ4n) is 2.64. The number of amides is 3. The molecule has 7 heteroatoms. The van der Waals surface area contributed by atoms with Crippen molar-refractivity contribution < 1.29 is 19.1 Å². The van der Waals surface area contributed by atoms with Crippen molar-refractivity contribution in [3.63, 3.8) is 0 Å². The fourth-order valence-corrected chi connectivity index (χ4v) is 2.64. The molecule has 30 heavy (non-hydrogen) atoms. The van der Waals surface area contributed by atoms with Crippen molar-refractivity contribution >= 4 is 23.6 Å². The van der Waals surface area contributed by atoms with Crippen LogP contribution in [0, 0.1) is 13.8 Å². The van der Waals surface area contributed by atoms with Crippen molar-refractivity contribution in [2.24, 2.45) is 0 Å². The molecule has 0 aliphatic rings. The van der Waals surface area contributed by atoms with Gasteiger partial charge in [0.15, 0.2) is 6.10 Å². The lowest BCUT2D eigenvalue weighted by Gasteiger charge is -2.15. The van der Waals surface area contributed by atoms with Crippen LogP contribution in [-0.4, -0.2) is 30.1 Å². The van der Waals surface area contributed by atoms with E-state index in [1.807, 2.05) is 45.9 Å². The number of urea groups is 1. The number of hydrogen-bond donors (Lipinski definition) is 3. The van der Waals surface area contributed by atoms with Crippen molar-refractivity contribution in [2.75, 3.05) is 5.32 Å². The molecule has 3 N–H and O–H groups in total. The van der Waals surface area contributed by atoms with E-state index in [1.54, 1.807) is 24.3 Å². The number of anilines is 1. The summed E-state index contributed by atoms with van der Waals surface area (Å²) >= 11 is 0. The highest BCUT2D eigenvalue weighted by atomic mass is 16.5. The first kappa shape index (κ1) is 22.9. The van der Waals surface area contributed by atoms with Gasteiger partial charge >= 0.3 is 12.0 Å². The number of rotatable bonds is 7. The summed E-state index contributed by atoms with van der Waals surface area (Å²) in [4.78, 5) is 36.4. The van der Waals surface area contributed by atoms with Gasteiger partial charge in [0.1, 0.15) is 0 Å². The van der Waals surface area contributed by atoms with Gasteiger partial charge in [-0.25, -0.2) is 9.59 Å². The van der Waals surface area contributed by atoms with E-state index in [0.29, 0.717) is 17.8 Å². The maximum Gasteiger partial charge on any atom is 0.338 e. The minimum Gasteiger partial charge on any atom is -0.449 e.